The van der Waals surface area contributed by atoms with Crippen molar-refractivity contribution in [2.45, 2.75) is 25.8 Å². The quantitative estimate of drug-likeness (QED) is 0.607. The van der Waals surface area contributed by atoms with Crippen molar-refractivity contribution in [2.75, 3.05) is 32.1 Å². The van der Waals surface area contributed by atoms with Gasteiger partial charge in [-0.2, -0.15) is 0 Å². The Morgan fingerprint density at radius 1 is 1.23 bits per heavy atom. The zero-order valence-electron chi connectivity index (χ0n) is 19.9. The van der Waals surface area contributed by atoms with Crippen LogP contribution in [-0.4, -0.2) is 61.9 Å². The Morgan fingerprint density at radius 2 is 1.94 bits per heavy atom. The van der Waals surface area contributed by atoms with Crippen LogP contribution in [0.2, 0.25) is 5.02 Å². The fourth-order valence-corrected chi connectivity index (χ4v) is 4.10. The number of ether oxygens (including phenoxy) is 1. The summed E-state index contributed by atoms with van der Waals surface area (Å²) in [5.41, 5.74) is 1.35. The van der Waals surface area contributed by atoms with Crippen molar-refractivity contribution >= 4 is 41.0 Å². The van der Waals surface area contributed by atoms with Gasteiger partial charge in [0.15, 0.2) is 0 Å². The predicted molar refractivity (Wildman–Crippen MR) is 132 cm³/mol. The number of hydrogen-bond donors (Lipinski definition) is 2. The van der Waals surface area contributed by atoms with E-state index < -0.39 is 36.3 Å². The van der Waals surface area contributed by atoms with Crippen LogP contribution in [0.1, 0.15) is 18.9 Å². The molecule has 2 aromatic rings. The zero-order valence-corrected chi connectivity index (χ0v) is 20.7. The minimum absolute atomic E-state index is 0.0595. The Labute approximate surface area is 209 Å². The van der Waals surface area contributed by atoms with Crippen molar-refractivity contribution in [3.63, 3.8) is 0 Å². The molecule has 1 aliphatic heterocycles. The molecule has 2 atom stereocenters. The van der Waals surface area contributed by atoms with Crippen LogP contribution in [0.15, 0.2) is 48.5 Å². The Kier molecular flexibility index (Phi) is 8.70. The number of rotatable bonds is 7. The average molecular weight is 501 g/mol. The van der Waals surface area contributed by atoms with Gasteiger partial charge in [-0.15, -0.1) is 0 Å². The van der Waals surface area contributed by atoms with Crippen molar-refractivity contribution in [1.82, 2.24) is 15.5 Å². The highest BCUT2D eigenvalue weighted by Gasteiger charge is 2.36. The van der Waals surface area contributed by atoms with E-state index in [1.807, 2.05) is 18.2 Å². The predicted octanol–water partition coefficient (Wildman–Crippen LogP) is 2.62. The maximum Gasteiger partial charge on any atom is 0.325 e. The van der Waals surface area contributed by atoms with E-state index in [-0.39, 0.29) is 18.9 Å². The maximum atomic E-state index is 13.3. The molecule has 1 unspecified atom stereocenters. The number of benzene rings is 2. The minimum atomic E-state index is -0.877. The molecular formula is C25H29ClN4O5. The van der Waals surface area contributed by atoms with Crippen LogP contribution < -0.4 is 20.3 Å². The van der Waals surface area contributed by atoms with Gasteiger partial charge in [0.1, 0.15) is 18.3 Å². The molecule has 1 aliphatic rings. The van der Waals surface area contributed by atoms with Gasteiger partial charge < -0.3 is 20.3 Å². The largest absolute Gasteiger partial charge is 0.496 e. The van der Waals surface area contributed by atoms with Gasteiger partial charge >= 0.3 is 6.03 Å². The van der Waals surface area contributed by atoms with Crippen LogP contribution in [0.3, 0.4) is 0 Å². The van der Waals surface area contributed by atoms with E-state index in [1.165, 1.54) is 12.0 Å². The van der Waals surface area contributed by atoms with Crippen molar-refractivity contribution in [1.29, 1.82) is 0 Å². The molecule has 9 nitrogen and oxygen atoms in total. The second kappa shape index (κ2) is 11.7. The summed E-state index contributed by atoms with van der Waals surface area (Å²) in [5, 5.41) is 5.79. The standard InChI is InChI=1S/C25H29ClN4O5/c1-4-20(24(33)29(2)19-8-6-5-7-9-19)28-25(34)30-15-22(31)27-14-17(23(30)32)12-16-13-18(26)10-11-21(16)35-3/h5-11,13,17,20H,4,12,14-15H2,1-3H3,(H,27,31)(H,28,34)/t17?,20-/m1/s1. The Morgan fingerprint density at radius 3 is 2.60 bits per heavy atom. The lowest BCUT2D eigenvalue weighted by molar-refractivity contribution is -0.133. The molecule has 0 aromatic heterocycles. The van der Waals surface area contributed by atoms with Gasteiger partial charge in [-0.3, -0.25) is 19.3 Å². The number of carbonyl (C=O) groups excluding carboxylic acids is 4. The number of methoxy groups -OCH3 is 1. The van der Waals surface area contributed by atoms with E-state index in [0.717, 1.165) is 4.90 Å². The lowest BCUT2D eigenvalue weighted by atomic mass is 9.97. The molecule has 2 N–H and O–H groups in total. The molecule has 1 saturated heterocycles. The van der Waals surface area contributed by atoms with Crippen molar-refractivity contribution in [2.24, 2.45) is 5.92 Å². The number of urea groups is 1. The third-order valence-electron chi connectivity index (χ3n) is 5.89. The molecule has 0 radical (unpaired) electrons. The van der Waals surface area contributed by atoms with E-state index in [1.54, 1.807) is 44.3 Å². The van der Waals surface area contributed by atoms with E-state index >= 15 is 0 Å². The second-order valence-corrected chi connectivity index (χ2v) is 8.67. The fraction of sp³-hybridized carbons (Fsp3) is 0.360. The number of nitrogens with zero attached hydrogens (tertiary/aromatic N) is 2. The number of para-hydroxylation sites is 1. The van der Waals surface area contributed by atoms with E-state index in [9.17, 15) is 19.2 Å². The number of carbonyl (C=O) groups is 4. The average Bonchev–Trinajstić information content (AvgIpc) is 3.00. The lowest BCUT2D eigenvalue weighted by Crippen LogP contribution is -2.54. The van der Waals surface area contributed by atoms with Crippen molar-refractivity contribution < 1.29 is 23.9 Å². The SMILES string of the molecule is CC[C@@H](NC(=O)N1CC(=O)NCC(Cc2cc(Cl)ccc2OC)C1=O)C(=O)N(C)c1ccccc1. The van der Waals surface area contributed by atoms with Crippen LogP contribution in [0, 0.1) is 5.92 Å². The van der Waals surface area contributed by atoms with Crippen LogP contribution >= 0.6 is 11.6 Å². The summed E-state index contributed by atoms with van der Waals surface area (Å²) < 4.78 is 5.36. The first kappa shape index (κ1) is 26.0. The van der Waals surface area contributed by atoms with Gasteiger partial charge in [-0.05, 0) is 48.7 Å². The molecule has 1 heterocycles. The Hall–Kier alpha value is -3.59. The third kappa shape index (κ3) is 6.30. The smallest absolute Gasteiger partial charge is 0.325 e. The molecule has 3 rings (SSSR count). The Bertz CT molecular complexity index is 1090. The van der Waals surface area contributed by atoms with Gasteiger partial charge in [0.05, 0.1) is 13.0 Å². The molecule has 186 valence electrons. The topological polar surface area (TPSA) is 108 Å². The van der Waals surface area contributed by atoms with E-state index in [2.05, 4.69) is 10.6 Å². The summed E-state index contributed by atoms with van der Waals surface area (Å²) in [6, 6.07) is 12.4. The summed E-state index contributed by atoms with van der Waals surface area (Å²) >= 11 is 6.11. The van der Waals surface area contributed by atoms with Crippen LogP contribution in [0.4, 0.5) is 10.5 Å². The Balaban J connectivity index is 1.77. The normalized spacial score (nSPS) is 16.7. The van der Waals surface area contributed by atoms with Crippen molar-refractivity contribution in [3.05, 3.63) is 59.1 Å². The first-order chi connectivity index (χ1) is 16.7. The number of nitrogens with one attached hydrogen (secondary N) is 2. The number of halogens is 1. The van der Waals surface area contributed by atoms with Crippen LogP contribution in [0.25, 0.3) is 0 Å². The van der Waals surface area contributed by atoms with Gasteiger partial charge in [-0.25, -0.2) is 4.79 Å². The number of likely N-dealkylation sites (N-methyl/N-ethyl adjacent to an activating group) is 1. The molecular weight excluding hydrogens is 472 g/mol. The molecule has 0 aliphatic carbocycles. The summed E-state index contributed by atoms with van der Waals surface area (Å²) in [7, 11) is 3.13. The second-order valence-electron chi connectivity index (χ2n) is 8.23. The molecule has 5 amide bonds. The fourth-order valence-electron chi connectivity index (χ4n) is 3.90. The number of imide groups is 1. The molecule has 10 heteroatoms. The third-order valence-corrected chi connectivity index (χ3v) is 6.13. The monoisotopic (exact) mass is 500 g/mol. The molecule has 35 heavy (non-hydrogen) atoms. The minimum Gasteiger partial charge on any atom is -0.496 e. The van der Waals surface area contributed by atoms with Crippen molar-refractivity contribution in [3.8, 4) is 5.75 Å². The molecule has 0 bridgehead atoms. The summed E-state index contributed by atoms with van der Waals surface area (Å²) in [4.78, 5) is 54.1. The number of hydrogen-bond acceptors (Lipinski definition) is 5. The lowest BCUT2D eigenvalue weighted by Gasteiger charge is -2.27. The van der Waals surface area contributed by atoms with Gasteiger partial charge in [0, 0.05) is 24.3 Å². The number of amides is 5. The van der Waals surface area contributed by atoms with E-state index in [0.29, 0.717) is 28.4 Å². The first-order valence-electron chi connectivity index (χ1n) is 11.3. The first-order valence-corrected chi connectivity index (χ1v) is 11.7. The molecule has 0 saturated carbocycles. The van der Waals surface area contributed by atoms with Crippen LogP contribution in [0.5, 0.6) is 5.75 Å². The molecule has 1 fully saturated rings. The van der Waals surface area contributed by atoms with Gasteiger partial charge in [0.2, 0.25) is 17.7 Å². The van der Waals surface area contributed by atoms with E-state index in [4.69, 9.17) is 16.3 Å². The van der Waals surface area contributed by atoms with Gasteiger partial charge in [-0.1, -0.05) is 36.7 Å². The summed E-state index contributed by atoms with van der Waals surface area (Å²) in [6.45, 7) is 1.38. The van der Waals surface area contributed by atoms with Gasteiger partial charge in [0.25, 0.3) is 0 Å². The summed E-state index contributed by atoms with van der Waals surface area (Å²) in [5.74, 6) is -1.49. The summed E-state index contributed by atoms with van der Waals surface area (Å²) in [6.07, 6.45) is 0.513. The molecule has 2 aromatic carbocycles. The highest BCUT2D eigenvalue weighted by Crippen LogP contribution is 2.26. The maximum absolute atomic E-state index is 13.3. The number of anilines is 1. The van der Waals surface area contributed by atoms with Crippen LogP contribution in [-0.2, 0) is 20.8 Å². The molecule has 0 spiro atoms. The highest BCUT2D eigenvalue weighted by molar-refractivity contribution is 6.30. The highest BCUT2D eigenvalue weighted by atomic mass is 35.5. The zero-order chi connectivity index (χ0) is 25.5.